The van der Waals surface area contributed by atoms with E-state index in [2.05, 4.69) is 6.92 Å². The van der Waals surface area contributed by atoms with Crippen molar-refractivity contribution >= 4 is 11.7 Å². The molecule has 0 atom stereocenters. The lowest BCUT2D eigenvalue weighted by Crippen LogP contribution is -2.45. The van der Waals surface area contributed by atoms with Gasteiger partial charge in [-0.05, 0) is 37.3 Å². The molecule has 3 nitrogen and oxygen atoms in total. The minimum atomic E-state index is 0.121. The number of aryl methyl sites for hydroxylation is 1. The Bertz CT molecular complexity index is 422. The quantitative estimate of drug-likeness (QED) is 0.746. The minimum Gasteiger partial charge on any atom is -0.324 e. The summed E-state index contributed by atoms with van der Waals surface area (Å²) in [5.41, 5.74) is 2.14. The second kappa shape index (κ2) is 5.42. The highest BCUT2D eigenvalue weighted by atomic mass is 16.2. The van der Waals surface area contributed by atoms with Gasteiger partial charge in [-0.2, -0.15) is 0 Å². The van der Waals surface area contributed by atoms with Crippen molar-refractivity contribution in [2.45, 2.75) is 26.7 Å². The van der Waals surface area contributed by atoms with Crippen LogP contribution in [0.15, 0.2) is 24.3 Å². The van der Waals surface area contributed by atoms with Gasteiger partial charge in [-0.3, -0.25) is 4.90 Å². The molecule has 0 spiro atoms. The zero-order chi connectivity index (χ0) is 13.1. The molecule has 0 N–H and O–H groups in total. The molecule has 98 valence electrons. The second-order valence-electron chi connectivity index (χ2n) is 5.30. The van der Waals surface area contributed by atoms with E-state index in [-0.39, 0.29) is 6.03 Å². The van der Waals surface area contributed by atoms with Gasteiger partial charge in [0.05, 0.1) is 0 Å². The number of likely N-dealkylation sites (tertiary alicyclic amines) is 1. The lowest BCUT2D eigenvalue weighted by molar-refractivity contribution is 0.181. The highest BCUT2D eigenvalue weighted by Crippen LogP contribution is 2.22. The number of carbonyl (C=O) groups excluding carboxylic acids is 1. The number of anilines is 1. The van der Waals surface area contributed by atoms with E-state index in [0.29, 0.717) is 0 Å². The molecule has 0 aromatic heterocycles. The van der Waals surface area contributed by atoms with Crippen molar-refractivity contribution in [2.24, 2.45) is 5.92 Å². The number of para-hydroxylation sites is 1. The van der Waals surface area contributed by atoms with Crippen LogP contribution in [0.1, 0.15) is 25.3 Å². The van der Waals surface area contributed by atoms with Gasteiger partial charge in [0.25, 0.3) is 0 Å². The fourth-order valence-corrected chi connectivity index (χ4v) is 2.45. The first-order chi connectivity index (χ1) is 8.59. The lowest BCUT2D eigenvalue weighted by atomic mass is 9.99. The van der Waals surface area contributed by atoms with Crippen molar-refractivity contribution in [2.75, 3.05) is 25.0 Å². The normalized spacial score (nSPS) is 16.7. The largest absolute Gasteiger partial charge is 0.324 e. The van der Waals surface area contributed by atoms with E-state index in [9.17, 15) is 4.79 Å². The zero-order valence-electron chi connectivity index (χ0n) is 11.5. The Morgan fingerprint density at radius 1 is 1.28 bits per heavy atom. The van der Waals surface area contributed by atoms with Gasteiger partial charge in [-0.25, -0.2) is 4.79 Å². The number of benzene rings is 1. The predicted molar refractivity (Wildman–Crippen MR) is 74.9 cm³/mol. The van der Waals surface area contributed by atoms with Crippen LogP contribution < -0.4 is 4.90 Å². The van der Waals surface area contributed by atoms with Crippen LogP contribution in [0.25, 0.3) is 0 Å². The summed E-state index contributed by atoms with van der Waals surface area (Å²) in [6, 6.07) is 8.14. The predicted octanol–water partition coefficient (Wildman–Crippen LogP) is 3.28. The van der Waals surface area contributed by atoms with E-state index < -0.39 is 0 Å². The van der Waals surface area contributed by atoms with Crippen LogP contribution in [-0.4, -0.2) is 31.1 Å². The van der Waals surface area contributed by atoms with Crippen LogP contribution in [0.4, 0.5) is 10.5 Å². The van der Waals surface area contributed by atoms with Crippen molar-refractivity contribution in [3.8, 4) is 0 Å². The average Bonchev–Trinajstić information content (AvgIpc) is 2.38. The van der Waals surface area contributed by atoms with Gasteiger partial charge in [0.2, 0.25) is 0 Å². The Kier molecular flexibility index (Phi) is 3.90. The molecule has 1 aliphatic rings. The molecule has 0 aliphatic carbocycles. The first-order valence-corrected chi connectivity index (χ1v) is 6.68. The molecule has 1 aromatic carbocycles. The van der Waals surface area contributed by atoms with Gasteiger partial charge >= 0.3 is 6.03 Å². The SMILES string of the molecule is Cc1ccccc1N(C)C(=O)N1CCC(C)CC1. The van der Waals surface area contributed by atoms with Gasteiger partial charge in [-0.1, -0.05) is 25.1 Å². The summed E-state index contributed by atoms with van der Waals surface area (Å²) in [5.74, 6) is 0.748. The Labute approximate surface area is 109 Å². The van der Waals surface area contributed by atoms with Gasteiger partial charge in [0.15, 0.2) is 0 Å². The third-order valence-corrected chi connectivity index (χ3v) is 3.82. The molecule has 18 heavy (non-hydrogen) atoms. The molecule has 0 saturated carbocycles. The van der Waals surface area contributed by atoms with E-state index in [1.54, 1.807) is 4.90 Å². The number of rotatable bonds is 1. The van der Waals surface area contributed by atoms with Crippen LogP contribution in [0.3, 0.4) is 0 Å². The smallest absolute Gasteiger partial charge is 0.324 e. The topological polar surface area (TPSA) is 23.6 Å². The van der Waals surface area contributed by atoms with Crippen molar-refractivity contribution in [1.82, 2.24) is 4.90 Å². The van der Waals surface area contributed by atoms with Crippen LogP contribution in [0.5, 0.6) is 0 Å². The number of hydrogen-bond donors (Lipinski definition) is 0. The maximum absolute atomic E-state index is 12.4. The Morgan fingerprint density at radius 3 is 2.50 bits per heavy atom. The summed E-state index contributed by atoms with van der Waals surface area (Å²) in [7, 11) is 1.86. The van der Waals surface area contributed by atoms with E-state index >= 15 is 0 Å². The van der Waals surface area contributed by atoms with Crippen molar-refractivity contribution < 1.29 is 4.79 Å². The summed E-state index contributed by atoms with van der Waals surface area (Å²) in [6.07, 6.45) is 2.24. The molecule has 3 heteroatoms. The maximum atomic E-state index is 12.4. The van der Waals surface area contributed by atoms with E-state index in [1.807, 2.05) is 43.1 Å². The second-order valence-corrected chi connectivity index (χ2v) is 5.30. The minimum absolute atomic E-state index is 0.121. The van der Waals surface area contributed by atoms with Crippen LogP contribution in [0.2, 0.25) is 0 Å². The number of urea groups is 1. The number of carbonyl (C=O) groups is 1. The first-order valence-electron chi connectivity index (χ1n) is 6.68. The van der Waals surface area contributed by atoms with E-state index in [1.165, 1.54) is 0 Å². The molecule has 1 saturated heterocycles. The lowest BCUT2D eigenvalue weighted by Gasteiger charge is -2.33. The average molecular weight is 246 g/mol. The highest BCUT2D eigenvalue weighted by Gasteiger charge is 2.23. The number of hydrogen-bond acceptors (Lipinski definition) is 1. The number of nitrogens with zero attached hydrogens (tertiary/aromatic N) is 2. The molecule has 1 aliphatic heterocycles. The third-order valence-electron chi connectivity index (χ3n) is 3.82. The Balaban J connectivity index is 2.07. The molecular weight excluding hydrogens is 224 g/mol. The summed E-state index contributed by atoms with van der Waals surface area (Å²) in [6.45, 7) is 6.07. The monoisotopic (exact) mass is 246 g/mol. The molecule has 1 aromatic rings. The van der Waals surface area contributed by atoms with Gasteiger partial charge < -0.3 is 4.90 Å². The molecule has 1 heterocycles. The third kappa shape index (κ3) is 2.66. The summed E-state index contributed by atoms with van der Waals surface area (Å²) < 4.78 is 0. The standard InChI is InChI=1S/C15H22N2O/c1-12-8-10-17(11-9-12)15(18)16(3)14-7-5-4-6-13(14)2/h4-7,12H,8-11H2,1-3H3. The molecular formula is C15H22N2O. The number of amides is 2. The summed E-state index contributed by atoms with van der Waals surface area (Å²) >= 11 is 0. The first kappa shape index (κ1) is 12.9. The van der Waals surface area contributed by atoms with Crippen LogP contribution in [-0.2, 0) is 0 Å². The van der Waals surface area contributed by atoms with Gasteiger partial charge in [0.1, 0.15) is 0 Å². The maximum Gasteiger partial charge on any atom is 0.324 e. The Morgan fingerprint density at radius 2 is 1.89 bits per heavy atom. The highest BCUT2D eigenvalue weighted by molar-refractivity contribution is 5.92. The van der Waals surface area contributed by atoms with Crippen molar-refractivity contribution in [3.05, 3.63) is 29.8 Å². The number of piperidine rings is 1. The zero-order valence-corrected chi connectivity index (χ0v) is 11.5. The Hall–Kier alpha value is -1.51. The molecule has 2 amide bonds. The fraction of sp³-hybridized carbons (Fsp3) is 0.533. The summed E-state index contributed by atoms with van der Waals surface area (Å²) in [4.78, 5) is 16.1. The van der Waals surface area contributed by atoms with Gasteiger partial charge in [-0.15, -0.1) is 0 Å². The molecule has 2 rings (SSSR count). The molecule has 0 unspecified atom stereocenters. The summed E-state index contributed by atoms with van der Waals surface area (Å²) in [5, 5.41) is 0. The van der Waals surface area contributed by atoms with Crippen LogP contribution in [0, 0.1) is 12.8 Å². The van der Waals surface area contributed by atoms with Crippen molar-refractivity contribution in [1.29, 1.82) is 0 Å². The molecule has 0 radical (unpaired) electrons. The van der Waals surface area contributed by atoms with Crippen molar-refractivity contribution in [3.63, 3.8) is 0 Å². The van der Waals surface area contributed by atoms with E-state index in [4.69, 9.17) is 0 Å². The van der Waals surface area contributed by atoms with E-state index in [0.717, 1.165) is 43.1 Å². The molecule has 0 bridgehead atoms. The van der Waals surface area contributed by atoms with Crippen LogP contribution >= 0.6 is 0 Å². The fourth-order valence-electron chi connectivity index (χ4n) is 2.45. The van der Waals surface area contributed by atoms with Gasteiger partial charge in [0, 0.05) is 25.8 Å². The molecule has 1 fully saturated rings.